The van der Waals surface area contributed by atoms with Gasteiger partial charge in [-0.3, -0.25) is 4.79 Å². The van der Waals surface area contributed by atoms with Crippen LogP contribution in [-0.2, 0) is 0 Å². The van der Waals surface area contributed by atoms with Gasteiger partial charge in [-0.05, 0) is 42.5 Å². The minimum atomic E-state index is -0.383. The third-order valence-corrected chi connectivity index (χ3v) is 3.91. The van der Waals surface area contributed by atoms with Gasteiger partial charge in [-0.25, -0.2) is 4.68 Å². The summed E-state index contributed by atoms with van der Waals surface area (Å²) in [6.07, 6.45) is 3.07. The second kappa shape index (κ2) is 6.44. The molecular weight excluding hydrogens is 382 g/mol. The number of carbonyl (C=O) groups is 1. The summed E-state index contributed by atoms with van der Waals surface area (Å²) in [5, 5.41) is 16.9. The molecule has 5 nitrogen and oxygen atoms in total. The summed E-state index contributed by atoms with van der Waals surface area (Å²) in [7, 11) is 0. The molecule has 0 unspecified atom stereocenters. The van der Waals surface area contributed by atoms with E-state index in [1.54, 1.807) is 10.9 Å². The van der Waals surface area contributed by atoms with Crippen LogP contribution in [0.1, 0.15) is 10.4 Å². The summed E-state index contributed by atoms with van der Waals surface area (Å²) in [4.78, 5) is 12.3. The maximum absolute atomic E-state index is 12.3. The van der Waals surface area contributed by atoms with E-state index < -0.39 is 0 Å². The predicted octanol–water partition coefficient (Wildman–Crippen LogP) is 4.25. The van der Waals surface area contributed by atoms with Crippen molar-refractivity contribution in [1.82, 2.24) is 9.78 Å². The van der Waals surface area contributed by atoms with Gasteiger partial charge in [0.2, 0.25) is 0 Å². The van der Waals surface area contributed by atoms with Crippen molar-refractivity contribution < 1.29 is 9.90 Å². The Morgan fingerprint density at radius 1 is 1.22 bits per heavy atom. The van der Waals surface area contributed by atoms with E-state index in [1.165, 1.54) is 24.4 Å². The number of aromatic nitrogens is 2. The topological polar surface area (TPSA) is 67.2 Å². The van der Waals surface area contributed by atoms with Crippen molar-refractivity contribution in [1.29, 1.82) is 0 Å². The fourth-order valence-electron chi connectivity index (χ4n) is 1.98. The van der Waals surface area contributed by atoms with E-state index >= 15 is 0 Å². The first-order valence-corrected chi connectivity index (χ1v) is 7.80. The molecule has 3 rings (SSSR count). The van der Waals surface area contributed by atoms with E-state index in [0.717, 1.165) is 10.2 Å². The lowest BCUT2D eigenvalue weighted by Gasteiger charge is -2.06. The highest BCUT2D eigenvalue weighted by atomic mass is 79.9. The third-order valence-electron chi connectivity index (χ3n) is 3.14. The summed E-state index contributed by atoms with van der Waals surface area (Å²) in [6, 6.07) is 12.0. The van der Waals surface area contributed by atoms with Crippen LogP contribution < -0.4 is 5.32 Å². The molecule has 2 aromatic carbocycles. The first kappa shape index (κ1) is 15.6. The lowest BCUT2D eigenvalue weighted by Crippen LogP contribution is -2.11. The Balaban J connectivity index is 1.81. The number of phenolic OH excluding ortho intramolecular Hbond substituents is 1. The normalized spacial score (nSPS) is 10.5. The van der Waals surface area contributed by atoms with Crippen LogP contribution in [0.3, 0.4) is 0 Å². The van der Waals surface area contributed by atoms with Gasteiger partial charge >= 0.3 is 0 Å². The van der Waals surface area contributed by atoms with E-state index in [9.17, 15) is 9.90 Å². The molecule has 0 aliphatic heterocycles. The highest BCUT2D eigenvalue weighted by Crippen LogP contribution is 2.27. The standard InChI is InChI=1S/C16H11BrClN3O2/c17-11-1-4-13(5-2-11)21-9-10(8-19-21)16(23)20-14-7-12(18)3-6-15(14)22/h1-9,22H,(H,20,23). The lowest BCUT2D eigenvalue weighted by atomic mass is 10.2. The van der Waals surface area contributed by atoms with Crippen LogP contribution in [-0.4, -0.2) is 20.8 Å². The van der Waals surface area contributed by atoms with Crippen LogP contribution in [0, 0.1) is 0 Å². The number of rotatable bonds is 3. The van der Waals surface area contributed by atoms with Crippen LogP contribution in [0.5, 0.6) is 5.75 Å². The van der Waals surface area contributed by atoms with Crippen LogP contribution >= 0.6 is 27.5 Å². The van der Waals surface area contributed by atoms with Gasteiger partial charge in [0.05, 0.1) is 23.1 Å². The fourth-order valence-corrected chi connectivity index (χ4v) is 2.41. The van der Waals surface area contributed by atoms with Crippen molar-refractivity contribution in [2.24, 2.45) is 0 Å². The van der Waals surface area contributed by atoms with Gasteiger partial charge in [0.25, 0.3) is 5.91 Å². The number of anilines is 1. The average Bonchev–Trinajstić information content (AvgIpc) is 3.02. The van der Waals surface area contributed by atoms with Gasteiger partial charge < -0.3 is 10.4 Å². The Bertz CT molecular complexity index is 862. The Labute approximate surface area is 145 Å². The zero-order valence-corrected chi connectivity index (χ0v) is 14.0. The van der Waals surface area contributed by atoms with Gasteiger partial charge in [-0.2, -0.15) is 5.10 Å². The minimum absolute atomic E-state index is 0.0527. The Morgan fingerprint density at radius 3 is 2.70 bits per heavy atom. The van der Waals surface area contributed by atoms with Gasteiger partial charge in [0.15, 0.2) is 0 Å². The van der Waals surface area contributed by atoms with Crippen molar-refractivity contribution >= 4 is 39.1 Å². The predicted molar refractivity (Wildman–Crippen MR) is 92.3 cm³/mol. The maximum Gasteiger partial charge on any atom is 0.258 e. The number of aromatic hydroxyl groups is 1. The number of hydrogen-bond acceptors (Lipinski definition) is 3. The quantitative estimate of drug-likeness (QED) is 0.655. The zero-order chi connectivity index (χ0) is 16.4. The molecule has 1 amide bonds. The summed E-state index contributed by atoms with van der Waals surface area (Å²) in [5.41, 5.74) is 1.45. The molecule has 0 aliphatic carbocycles. The molecule has 1 aromatic heterocycles. The van der Waals surface area contributed by atoms with Crippen molar-refractivity contribution in [2.75, 3.05) is 5.32 Å². The van der Waals surface area contributed by atoms with Gasteiger partial charge in [-0.15, -0.1) is 0 Å². The molecule has 0 radical (unpaired) electrons. The monoisotopic (exact) mass is 391 g/mol. The number of amides is 1. The first-order valence-electron chi connectivity index (χ1n) is 6.63. The maximum atomic E-state index is 12.3. The number of hydrogen-bond donors (Lipinski definition) is 2. The molecule has 1 heterocycles. The van der Waals surface area contributed by atoms with Crippen LogP contribution in [0.2, 0.25) is 5.02 Å². The molecule has 0 saturated heterocycles. The molecule has 23 heavy (non-hydrogen) atoms. The first-order chi connectivity index (χ1) is 11.0. The average molecular weight is 393 g/mol. The Kier molecular flexibility index (Phi) is 4.36. The van der Waals surface area contributed by atoms with Crippen LogP contribution in [0.25, 0.3) is 5.69 Å². The van der Waals surface area contributed by atoms with E-state index in [4.69, 9.17) is 11.6 Å². The number of carbonyl (C=O) groups excluding carboxylic acids is 1. The molecule has 0 atom stereocenters. The van der Waals surface area contributed by atoms with Crippen molar-refractivity contribution in [3.05, 3.63) is 69.9 Å². The lowest BCUT2D eigenvalue weighted by molar-refractivity contribution is 0.102. The molecule has 3 aromatic rings. The van der Waals surface area contributed by atoms with E-state index in [2.05, 4.69) is 26.3 Å². The molecule has 0 saturated carbocycles. The number of halogens is 2. The highest BCUT2D eigenvalue weighted by Gasteiger charge is 2.12. The molecule has 2 N–H and O–H groups in total. The molecule has 0 bridgehead atoms. The Morgan fingerprint density at radius 2 is 1.96 bits per heavy atom. The van der Waals surface area contributed by atoms with Crippen molar-refractivity contribution in [3.8, 4) is 11.4 Å². The summed E-state index contributed by atoms with van der Waals surface area (Å²) < 4.78 is 2.56. The molecule has 0 fully saturated rings. The fraction of sp³-hybridized carbons (Fsp3) is 0. The number of benzene rings is 2. The number of nitrogens with zero attached hydrogens (tertiary/aromatic N) is 2. The van der Waals surface area contributed by atoms with Gasteiger partial charge in [0, 0.05) is 15.7 Å². The van der Waals surface area contributed by atoms with Crippen molar-refractivity contribution in [3.63, 3.8) is 0 Å². The molecule has 116 valence electrons. The summed E-state index contributed by atoms with van der Waals surface area (Å²) in [5.74, 6) is -0.436. The minimum Gasteiger partial charge on any atom is -0.506 e. The molecule has 7 heteroatoms. The van der Waals surface area contributed by atoms with Crippen molar-refractivity contribution in [2.45, 2.75) is 0 Å². The van der Waals surface area contributed by atoms with Crippen LogP contribution in [0.15, 0.2) is 59.3 Å². The van der Waals surface area contributed by atoms with E-state index in [-0.39, 0.29) is 17.3 Å². The smallest absolute Gasteiger partial charge is 0.258 e. The molecular formula is C16H11BrClN3O2. The van der Waals surface area contributed by atoms with Gasteiger partial charge in [0.1, 0.15) is 5.75 Å². The molecule has 0 aliphatic rings. The van der Waals surface area contributed by atoms with Crippen LogP contribution in [0.4, 0.5) is 5.69 Å². The highest BCUT2D eigenvalue weighted by molar-refractivity contribution is 9.10. The van der Waals surface area contributed by atoms with Gasteiger partial charge in [-0.1, -0.05) is 27.5 Å². The third kappa shape index (κ3) is 3.55. The number of phenols is 1. The molecule has 0 spiro atoms. The largest absolute Gasteiger partial charge is 0.506 e. The van der Waals surface area contributed by atoms with E-state index in [0.29, 0.717) is 10.6 Å². The number of nitrogens with one attached hydrogen (secondary N) is 1. The zero-order valence-electron chi connectivity index (χ0n) is 11.7. The Hall–Kier alpha value is -2.31. The summed E-state index contributed by atoms with van der Waals surface area (Å²) in [6.45, 7) is 0. The van der Waals surface area contributed by atoms with E-state index in [1.807, 2.05) is 24.3 Å². The SMILES string of the molecule is O=C(Nc1cc(Cl)ccc1O)c1cnn(-c2ccc(Br)cc2)c1. The second-order valence-corrected chi connectivity index (χ2v) is 6.12. The second-order valence-electron chi connectivity index (χ2n) is 4.77. The summed E-state index contributed by atoms with van der Waals surface area (Å²) >= 11 is 9.23.